The summed E-state index contributed by atoms with van der Waals surface area (Å²) in [5.74, 6) is -0.961. The minimum atomic E-state index is -3.52. The van der Waals surface area contributed by atoms with Crippen molar-refractivity contribution in [3.63, 3.8) is 0 Å². The first-order chi connectivity index (χ1) is 14.4. The molecule has 4 rings (SSSR count). The third-order valence-corrected chi connectivity index (χ3v) is 7.26. The van der Waals surface area contributed by atoms with Crippen LogP contribution in [0.2, 0.25) is 0 Å². The molecule has 1 aliphatic heterocycles. The molecule has 0 saturated carbocycles. The van der Waals surface area contributed by atoms with Gasteiger partial charge in [0.25, 0.3) is 5.91 Å². The molecule has 1 heterocycles. The lowest BCUT2D eigenvalue weighted by Gasteiger charge is -2.16. The van der Waals surface area contributed by atoms with Crippen molar-refractivity contribution >= 4 is 15.9 Å². The quantitative estimate of drug-likeness (QED) is 0.656. The van der Waals surface area contributed by atoms with Gasteiger partial charge in [0.05, 0.1) is 10.5 Å². The minimum Gasteiger partial charge on any atom is -0.506 e. The standard InChI is InChI=1S/C23H22N2O4S/c24-23(27)21-15-18(16-6-2-1-3-7-16)14-20(22(21)26)17-8-10-19(11-9-17)30(28,29)25-12-4-5-13-25/h1-3,6-11,14-15,26H,4-5,12-13H2,(H2,24,27). The SMILES string of the molecule is NC(=O)c1cc(-c2ccccc2)cc(-c2ccc(S(=O)(=O)N3CCCC3)cc2)c1O. The number of nitrogens with two attached hydrogens (primary N) is 1. The first kappa shape index (κ1) is 20.1. The Morgan fingerprint density at radius 3 is 2.10 bits per heavy atom. The highest BCUT2D eigenvalue weighted by Crippen LogP contribution is 2.37. The minimum absolute atomic E-state index is 0.0140. The van der Waals surface area contributed by atoms with Gasteiger partial charge in [0.15, 0.2) is 0 Å². The number of sulfonamides is 1. The predicted octanol–water partition coefficient (Wildman–Crippen LogP) is 3.61. The van der Waals surface area contributed by atoms with Crippen LogP contribution in [0, 0.1) is 0 Å². The monoisotopic (exact) mass is 422 g/mol. The molecule has 1 amide bonds. The van der Waals surface area contributed by atoms with E-state index in [9.17, 15) is 18.3 Å². The van der Waals surface area contributed by atoms with Gasteiger partial charge in [-0.25, -0.2) is 8.42 Å². The predicted molar refractivity (Wildman–Crippen MR) is 115 cm³/mol. The van der Waals surface area contributed by atoms with E-state index in [1.165, 1.54) is 16.4 Å². The molecular formula is C23H22N2O4S. The zero-order valence-corrected chi connectivity index (χ0v) is 17.1. The van der Waals surface area contributed by atoms with Gasteiger partial charge in [0.2, 0.25) is 10.0 Å². The molecule has 6 nitrogen and oxygen atoms in total. The molecular weight excluding hydrogens is 400 g/mol. The summed E-state index contributed by atoms with van der Waals surface area (Å²) in [5, 5.41) is 10.7. The van der Waals surface area contributed by atoms with Gasteiger partial charge < -0.3 is 10.8 Å². The summed E-state index contributed by atoms with van der Waals surface area (Å²) in [6.07, 6.45) is 1.74. The van der Waals surface area contributed by atoms with E-state index >= 15 is 0 Å². The van der Waals surface area contributed by atoms with Gasteiger partial charge in [-0.1, -0.05) is 42.5 Å². The van der Waals surface area contributed by atoms with Crippen LogP contribution in [0.25, 0.3) is 22.3 Å². The Morgan fingerprint density at radius 1 is 0.867 bits per heavy atom. The third-order valence-electron chi connectivity index (χ3n) is 5.35. The summed E-state index contributed by atoms with van der Waals surface area (Å²) in [6, 6.07) is 19.1. The van der Waals surface area contributed by atoms with Crippen molar-refractivity contribution in [3.05, 3.63) is 72.3 Å². The number of aromatic hydroxyl groups is 1. The molecule has 0 radical (unpaired) electrons. The van der Waals surface area contributed by atoms with Gasteiger partial charge in [0, 0.05) is 18.7 Å². The molecule has 7 heteroatoms. The molecule has 0 atom stereocenters. The Hall–Kier alpha value is -3.16. The molecule has 0 unspecified atom stereocenters. The highest BCUT2D eigenvalue weighted by Gasteiger charge is 2.27. The number of phenols is 1. The first-order valence-electron chi connectivity index (χ1n) is 9.71. The fourth-order valence-electron chi connectivity index (χ4n) is 3.72. The highest BCUT2D eigenvalue weighted by atomic mass is 32.2. The fourth-order valence-corrected chi connectivity index (χ4v) is 5.24. The zero-order valence-electron chi connectivity index (χ0n) is 16.3. The van der Waals surface area contributed by atoms with Gasteiger partial charge in [-0.2, -0.15) is 4.31 Å². The van der Waals surface area contributed by atoms with Crippen LogP contribution in [0.4, 0.5) is 0 Å². The lowest BCUT2D eigenvalue weighted by atomic mass is 9.94. The molecule has 3 N–H and O–H groups in total. The third kappa shape index (κ3) is 3.69. The van der Waals surface area contributed by atoms with Crippen molar-refractivity contribution in [2.75, 3.05) is 13.1 Å². The second-order valence-corrected chi connectivity index (χ2v) is 9.22. The topological polar surface area (TPSA) is 101 Å². The van der Waals surface area contributed by atoms with Crippen molar-refractivity contribution in [1.82, 2.24) is 4.31 Å². The average molecular weight is 423 g/mol. The summed E-state index contributed by atoms with van der Waals surface area (Å²) in [4.78, 5) is 12.1. The van der Waals surface area contributed by atoms with E-state index in [0.29, 0.717) is 24.2 Å². The Labute approximate surface area is 175 Å². The van der Waals surface area contributed by atoms with E-state index in [4.69, 9.17) is 5.73 Å². The first-order valence-corrected chi connectivity index (χ1v) is 11.1. The van der Waals surface area contributed by atoms with Gasteiger partial charge in [-0.15, -0.1) is 0 Å². The molecule has 3 aromatic carbocycles. The number of nitrogens with zero attached hydrogens (tertiary/aromatic N) is 1. The second kappa shape index (κ2) is 7.93. The average Bonchev–Trinajstić information content (AvgIpc) is 3.30. The maximum Gasteiger partial charge on any atom is 0.252 e. The summed E-state index contributed by atoms with van der Waals surface area (Å²) < 4.78 is 27.0. The van der Waals surface area contributed by atoms with Crippen LogP contribution in [0.1, 0.15) is 23.2 Å². The smallest absolute Gasteiger partial charge is 0.252 e. The van der Waals surface area contributed by atoms with E-state index in [1.54, 1.807) is 24.3 Å². The van der Waals surface area contributed by atoms with E-state index in [1.807, 2.05) is 30.3 Å². The summed E-state index contributed by atoms with van der Waals surface area (Å²) in [6.45, 7) is 1.07. The number of hydrogen-bond acceptors (Lipinski definition) is 4. The van der Waals surface area contributed by atoms with Crippen molar-refractivity contribution in [2.24, 2.45) is 5.73 Å². The number of carbonyl (C=O) groups excluding carboxylic acids is 1. The molecule has 1 aliphatic rings. The van der Waals surface area contributed by atoms with Crippen LogP contribution in [-0.4, -0.2) is 36.8 Å². The lowest BCUT2D eigenvalue weighted by molar-refractivity contribution is 0.0998. The Balaban J connectivity index is 1.78. The number of amides is 1. The van der Waals surface area contributed by atoms with E-state index < -0.39 is 15.9 Å². The van der Waals surface area contributed by atoms with Crippen LogP contribution in [0.5, 0.6) is 5.75 Å². The maximum absolute atomic E-state index is 12.7. The number of rotatable bonds is 5. The lowest BCUT2D eigenvalue weighted by Crippen LogP contribution is -2.27. The number of primary amides is 1. The largest absolute Gasteiger partial charge is 0.506 e. The van der Waals surface area contributed by atoms with Crippen LogP contribution < -0.4 is 5.73 Å². The maximum atomic E-state index is 12.7. The van der Waals surface area contributed by atoms with E-state index in [0.717, 1.165) is 24.0 Å². The fraction of sp³-hybridized carbons (Fsp3) is 0.174. The number of benzene rings is 3. The van der Waals surface area contributed by atoms with E-state index in [-0.39, 0.29) is 16.2 Å². The number of carbonyl (C=O) groups is 1. The van der Waals surface area contributed by atoms with Crippen molar-refractivity contribution in [1.29, 1.82) is 0 Å². The molecule has 1 fully saturated rings. The van der Waals surface area contributed by atoms with Crippen LogP contribution >= 0.6 is 0 Å². The summed E-state index contributed by atoms with van der Waals surface area (Å²) in [7, 11) is -3.52. The summed E-state index contributed by atoms with van der Waals surface area (Å²) in [5.41, 5.74) is 8.09. The van der Waals surface area contributed by atoms with Crippen LogP contribution in [-0.2, 0) is 10.0 Å². The Kier molecular flexibility index (Phi) is 5.32. The molecule has 0 aromatic heterocycles. The van der Waals surface area contributed by atoms with Gasteiger partial charge in [-0.3, -0.25) is 4.79 Å². The Bertz CT molecular complexity index is 1180. The molecule has 1 saturated heterocycles. The molecule has 30 heavy (non-hydrogen) atoms. The highest BCUT2D eigenvalue weighted by molar-refractivity contribution is 7.89. The molecule has 0 aliphatic carbocycles. The van der Waals surface area contributed by atoms with Crippen molar-refractivity contribution < 1.29 is 18.3 Å². The second-order valence-electron chi connectivity index (χ2n) is 7.29. The molecule has 154 valence electrons. The van der Waals surface area contributed by atoms with Crippen LogP contribution in [0.3, 0.4) is 0 Å². The molecule has 3 aromatic rings. The van der Waals surface area contributed by atoms with Crippen LogP contribution in [0.15, 0.2) is 71.6 Å². The van der Waals surface area contributed by atoms with Gasteiger partial charge in [-0.05, 0) is 53.8 Å². The van der Waals surface area contributed by atoms with Crippen molar-refractivity contribution in [2.45, 2.75) is 17.7 Å². The van der Waals surface area contributed by atoms with E-state index in [2.05, 4.69) is 0 Å². The van der Waals surface area contributed by atoms with Gasteiger partial charge >= 0.3 is 0 Å². The van der Waals surface area contributed by atoms with Crippen molar-refractivity contribution in [3.8, 4) is 28.0 Å². The Morgan fingerprint density at radius 2 is 1.50 bits per heavy atom. The summed E-state index contributed by atoms with van der Waals surface area (Å²) >= 11 is 0. The molecule has 0 bridgehead atoms. The number of hydrogen-bond donors (Lipinski definition) is 2. The molecule has 0 spiro atoms. The zero-order chi connectivity index (χ0) is 21.3. The normalized spacial score (nSPS) is 14.7. The van der Waals surface area contributed by atoms with Gasteiger partial charge in [0.1, 0.15) is 5.75 Å².